The van der Waals surface area contributed by atoms with Gasteiger partial charge in [0.2, 0.25) is 0 Å². The molecule has 5 nitrogen and oxygen atoms in total. The zero-order valence-electron chi connectivity index (χ0n) is 11.7. The van der Waals surface area contributed by atoms with Crippen molar-refractivity contribution in [1.82, 2.24) is 0 Å². The number of rotatable bonds is 4. The molecular weight excluding hydrogens is 291 g/mol. The molecule has 0 aliphatic carbocycles. The van der Waals surface area contributed by atoms with Gasteiger partial charge in [0, 0.05) is 11.5 Å². The van der Waals surface area contributed by atoms with E-state index < -0.39 is 34.4 Å². The van der Waals surface area contributed by atoms with E-state index in [0.29, 0.717) is 12.1 Å². The lowest BCUT2D eigenvalue weighted by Gasteiger charge is -2.17. The molecule has 0 N–H and O–H groups in total. The van der Waals surface area contributed by atoms with Gasteiger partial charge in [-0.05, 0) is 12.1 Å². The van der Waals surface area contributed by atoms with Crippen LogP contribution < -0.4 is 4.74 Å². The Kier molecular flexibility index (Phi) is 4.60. The van der Waals surface area contributed by atoms with Crippen LogP contribution in [0, 0.1) is 15.5 Å². The second kappa shape index (κ2) is 5.71. The van der Waals surface area contributed by atoms with E-state index in [-0.39, 0.29) is 11.5 Å². The number of hydrogen-bond donors (Lipinski definition) is 0. The van der Waals surface area contributed by atoms with E-state index in [9.17, 15) is 28.1 Å². The van der Waals surface area contributed by atoms with Gasteiger partial charge in [-0.2, -0.15) is 13.2 Å². The lowest BCUT2D eigenvalue weighted by Crippen LogP contribution is -2.26. The molecule has 0 fully saturated rings. The lowest BCUT2D eigenvalue weighted by atomic mass is 9.91. The van der Waals surface area contributed by atoms with Gasteiger partial charge in [0.1, 0.15) is 6.61 Å². The first-order valence-corrected chi connectivity index (χ1v) is 5.94. The Morgan fingerprint density at radius 1 is 1.29 bits per heavy atom. The summed E-state index contributed by atoms with van der Waals surface area (Å²) in [6, 6.07) is 1.90. The van der Waals surface area contributed by atoms with Crippen molar-refractivity contribution in [2.24, 2.45) is 5.41 Å². The molecule has 1 aromatic carbocycles. The maximum atomic E-state index is 12.5. The number of nitrogens with zero attached hydrogens (tertiary/aromatic N) is 1. The molecule has 1 aromatic rings. The molecule has 0 bridgehead atoms. The normalized spacial score (nSPS) is 12.1. The average molecular weight is 305 g/mol. The molecule has 0 unspecified atom stereocenters. The maximum absolute atomic E-state index is 12.5. The fourth-order valence-corrected chi connectivity index (χ4v) is 1.32. The van der Waals surface area contributed by atoms with E-state index in [0.717, 1.165) is 6.07 Å². The van der Waals surface area contributed by atoms with Crippen molar-refractivity contribution >= 4 is 11.5 Å². The fourth-order valence-electron chi connectivity index (χ4n) is 1.32. The largest absolute Gasteiger partial charge is 0.479 e. The number of nitro benzene ring substituents is 1. The summed E-state index contributed by atoms with van der Waals surface area (Å²) in [6.07, 6.45) is -4.69. The minimum absolute atomic E-state index is 0.323. The molecule has 1 rings (SSSR count). The number of benzene rings is 1. The van der Waals surface area contributed by atoms with Crippen molar-refractivity contribution in [3.05, 3.63) is 33.9 Å². The van der Waals surface area contributed by atoms with Gasteiger partial charge in [0.15, 0.2) is 11.5 Å². The molecule has 0 aromatic heterocycles. The molecule has 116 valence electrons. The topological polar surface area (TPSA) is 69.4 Å². The van der Waals surface area contributed by atoms with Crippen LogP contribution in [-0.2, 0) is 11.0 Å². The van der Waals surface area contributed by atoms with Gasteiger partial charge in [-0.15, -0.1) is 0 Å². The third-order valence-electron chi connectivity index (χ3n) is 2.68. The quantitative estimate of drug-likeness (QED) is 0.629. The summed E-state index contributed by atoms with van der Waals surface area (Å²) >= 11 is 0. The summed E-state index contributed by atoms with van der Waals surface area (Å²) in [6.45, 7) is 4.47. The SMILES string of the molecule is CC(C)(C)C(=O)COc1ccc(C(F)(F)F)cc1[N+](=O)[O-]. The van der Waals surface area contributed by atoms with Crippen LogP contribution in [0.25, 0.3) is 0 Å². The van der Waals surface area contributed by atoms with Gasteiger partial charge in [-0.1, -0.05) is 20.8 Å². The molecule has 0 saturated carbocycles. The summed E-state index contributed by atoms with van der Waals surface area (Å²) in [5.74, 6) is -0.692. The molecule has 21 heavy (non-hydrogen) atoms. The maximum Gasteiger partial charge on any atom is 0.416 e. The van der Waals surface area contributed by atoms with E-state index in [2.05, 4.69) is 0 Å². The first-order valence-electron chi connectivity index (χ1n) is 5.94. The highest BCUT2D eigenvalue weighted by Gasteiger charge is 2.33. The van der Waals surface area contributed by atoms with Crippen LogP contribution >= 0.6 is 0 Å². The molecule has 8 heteroatoms. The Morgan fingerprint density at radius 2 is 1.86 bits per heavy atom. The van der Waals surface area contributed by atoms with Crippen LogP contribution in [-0.4, -0.2) is 17.3 Å². The number of nitro groups is 1. The third-order valence-corrected chi connectivity index (χ3v) is 2.68. The number of Topliss-reactive ketones (excluding diaryl/α,β-unsaturated/α-hetero) is 1. The van der Waals surface area contributed by atoms with Crippen molar-refractivity contribution in [1.29, 1.82) is 0 Å². The number of carbonyl (C=O) groups excluding carboxylic acids is 1. The summed E-state index contributed by atoms with van der Waals surface area (Å²) in [4.78, 5) is 21.5. The monoisotopic (exact) mass is 305 g/mol. The fraction of sp³-hybridized carbons (Fsp3) is 0.462. The van der Waals surface area contributed by atoms with Crippen LogP contribution in [0.5, 0.6) is 5.75 Å². The van der Waals surface area contributed by atoms with Crippen LogP contribution in [0.3, 0.4) is 0 Å². The van der Waals surface area contributed by atoms with Crippen molar-refractivity contribution in [2.45, 2.75) is 26.9 Å². The highest BCUT2D eigenvalue weighted by Crippen LogP contribution is 2.36. The number of alkyl halides is 3. The van der Waals surface area contributed by atoms with Gasteiger partial charge >= 0.3 is 11.9 Å². The Bertz CT molecular complexity index is 562. The van der Waals surface area contributed by atoms with E-state index in [1.165, 1.54) is 0 Å². The highest BCUT2D eigenvalue weighted by atomic mass is 19.4. The Balaban J connectivity index is 3.03. The Morgan fingerprint density at radius 3 is 2.29 bits per heavy atom. The Hall–Kier alpha value is -2.12. The van der Waals surface area contributed by atoms with Gasteiger partial charge in [-0.25, -0.2) is 0 Å². The molecule has 0 atom stereocenters. The van der Waals surface area contributed by atoms with Crippen molar-refractivity contribution < 1.29 is 27.6 Å². The van der Waals surface area contributed by atoms with Crippen LogP contribution in [0.1, 0.15) is 26.3 Å². The molecule has 0 aliphatic rings. The predicted octanol–water partition coefficient (Wildman–Crippen LogP) is 3.61. The van der Waals surface area contributed by atoms with Crippen LogP contribution in [0.15, 0.2) is 18.2 Å². The number of carbonyl (C=O) groups is 1. The summed E-state index contributed by atoms with van der Waals surface area (Å²) < 4.78 is 42.5. The number of ketones is 1. The van der Waals surface area contributed by atoms with E-state index >= 15 is 0 Å². The Labute approximate surface area is 118 Å². The molecule has 0 heterocycles. The van der Waals surface area contributed by atoms with Gasteiger partial charge in [0.25, 0.3) is 0 Å². The molecule has 0 spiro atoms. The van der Waals surface area contributed by atoms with Gasteiger partial charge in [-0.3, -0.25) is 14.9 Å². The number of hydrogen-bond acceptors (Lipinski definition) is 4. The molecule has 0 aliphatic heterocycles. The second-order valence-electron chi connectivity index (χ2n) is 5.40. The van der Waals surface area contributed by atoms with Crippen molar-refractivity contribution in [2.75, 3.05) is 6.61 Å². The zero-order chi connectivity index (χ0) is 16.4. The van der Waals surface area contributed by atoms with Gasteiger partial charge in [0.05, 0.1) is 10.5 Å². The van der Waals surface area contributed by atoms with Crippen LogP contribution in [0.4, 0.5) is 18.9 Å². The number of halogens is 3. The summed E-state index contributed by atoms with van der Waals surface area (Å²) in [5.41, 5.74) is -2.68. The molecular formula is C13H14F3NO4. The minimum Gasteiger partial charge on any atom is -0.479 e. The first kappa shape index (κ1) is 16.9. The zero-order valence-corrected chi connectivity index (χ0v) is 11.7. The number of ether oxygens (including phenoxy) is 1. The molecule has 0 amide bonds. The summed E-state index contributed by atoms with van der Waals surface area (Å²) in [5, 5.41) is 10.8. The van der Waals surface area contributed by atoms with E-state index in [4.69, 9.17) is 4.74 Å². The van der Waals surface area contributed by atoms with E-state index in [1.807, 2.05) is 0 Å². The third kappa shape index (κ3) is 4.44. The van der Waals surface area contributed by atoms with Crippen molar-refractivity contribution in [3.63, 3.8) is 0 Å². The lowest BCUT2D eigenvalue weighted by molar-refractivity contribution is -0.386. The standard InChI is InChI=1S/C13H14F3NO4/c1-12(2,3)11(18)7-21-10-5-4-8(13(14,15)16)6-9(10)17(19)20/h4-6H,7H2,1-3H3. The smallest absolute Gasteiger partial charge is 0.416 e. The first-order chi connectivity index (χ1) is 9.43. The molecule has 0 saturated heterocycles. The average Bonchev–Trinajstić information content (AvgIpc) is 2.33. The van der Waals surface area contributed by atoms with Gasteiger partial charge < -0.3 is 4.74 Å². The van der Waals surface area contributed by atoms with Crippen LogP contribution in [0.2, 0.25) is 0 Å². The predicted molar refractivity (Wildman–Crippen MR) is 68.1 cm³/mol. The minimum atomic E-state index is -4.69. The highest BCUT2D eigenvalue weighted by molar-refractivity contribution is 5.85. The van der Waals surface area contributed by atoms with Crippen molar-refractivity contribution in [3.8, 4) is 5.75 Å². The molecule has 0 radical (unpaired) electrons. The second-order valence-corrected chi connectivity index (χ2v) is 5.40. The summed E-state index contributed by atoms with van der Waals surface area (Å²) in [7, 11) is 0. The van der Waals surface area contributed by atoms with E-state index in [1.54, 1.807) is 20.8 Å².